The highest BCUT2D eigenvalue weighted by Crippen LogP contribution is 2.37. The van der Waals surface area contributed by atoms with Crippen molar-refractivity contribution >= 4 is 23.6 Å². The van der Waals surface area contributed by atoms with Crippen LogP contribution in [-0.2, 0) is 11.4 Å². The number of ether oxygens (including phenoxy) is 2. The highest BCUT2D eigenvalue weighted by molar-refractivity contribution is 6.32. The number of carboxylic acids is 1. The third kappa shape index (κ3) is 5.00. The number of nitrogens with zero attached hydrogens (tertiary/aromatic N) is 1. The number of nitriles is 1. The number of hydrogen-bond acceptors (Lipinski definition) is 4. The summed E-state index contributed by atoms with van der Waals surface area (Å²) in [5.41, 5.74) is 1.84. The van der Waals surface area contributed by atoms with Gasteiger partial charge in [0.25, 0.3) is 0 Å². The molecule has 0 amide bonds. The second kappa shape index (κ2) is 8.76. The molecular formula is C19H16ClNO4. The van der Waals surface area contributed by atoms with Crippen LogP contribution in [0.1, 0.15) is 23.6 Å². The summed E-state index contributed by atoms with van der Waals surface area (Å²) in [4.78, 5) is 10.7. The minimum atomic E-state index is -1.05. The number of hydrogen-bond donors (Lipinski definition) is 1. The molecule has 0 aliphatic rings. The first-order valence-electron chi connectivity index (χ1n) is 7.53. The maximum atomic E-state index is 10.7. The molecule has 0 aliphatic carbocycles. The maximum absolute atomic E-state index is 10.7. The molecule has 0 saturated heterocycles. The summed E-state index contributed by atoms with van der Waals surface area (Å²) in [5.74, 6) is -0.291. The topological polar surface area (TPSA) is 79.6 Å². The Morgan fingerprint density at radius 1 is 1.32 bits per heavy atom. The smallest absolute Gasteiger partial charge is 0.328 e. The Balaban J connectivity index is 2.30. The van der Waals surface area contributed by atoms with Crippen LogP contribution in [0.5, 0.6) is 11.5 Å². The summed E-state index contributed by atoms with van der Waals surface area (Å²) in [6, 6.07) is 12.5. The molecule has 0 radical (unpaired) electrons. The molecular weight excluding hydrogens is 342 g/mol. The number of carboxylic acid groups (broad SMARTS) is 1. The van der Waals surface area contributed by atoms with Gasteiger partial charge in [0.15, 0.2) is 11.5 Å². The molecule has 5 nitrogen and oxygen atoms in total. The van der Waals surface area contributed by atoms with Crippen LogP contribution in [0.25, 0.3) is 6.08 Å². The Morgan fingerprint density at radius 3 is 2.76 bits per heavy atom. The van der Waals surface area contributed by atoms with Gasteiger partial charge in [0, 0.05) is 11.6 Å². The highest BCUT2D eigenvalue weighted by Gasteiger charge is 2.13. The van der Waals surface area contributed by atoms with Gasteiger partial charge < -0.3 is 14.6 Å². The van der Waals surface area contributed by atoms with Crippen molar-refractivity contribution in [1.82, 2.24) is 0 Å². The van der Waals surface area contributed by atoms with Crippen molar-refractivity contribution < 1.29 is 19.4 Å². The molecule has 6 heteroatoms. The van der Waals surface area contributed by atoms with E-state index in [9.17, 15) is 4.79 Å². The molecule has 0 heterocycles. The summed E-state index contributed by atoms with van der Waals surface area (Å²) in [6.45, 7) is 2.38. The Morgan fingerprint density at radius 2 is 2.08 bits per heavy atom. The van der Waals surface area contributed by atoms with Crippen LogP contribution in [0.3, 0.4) is 0 Å². The predicted octanol–water partition coefficient (Wildman–Crippen LogP) is 4.29. The monoisotopic (exact) mass is 357 g/mol. The van der Waals surface area contributed by atoms with E-state index in [0.717, 1.165) is 11.6 Å². The van der Waals surface area contributed by atoms with Crippen LogP contribution >= 0.6 is 11.6 Å². The molecule has 2 aromatic carbocycles. The van der Waals surface area contributed by atoms with Gasteiger partial charge in [0.05, 0.1) is 23.3 Å². The lowest BCUT2D eigenvalue weighted by atomic mass is 10.1. The number of aliphatic carboxylic acids is 1. The quantitative estimate of drug-likeness (QED) is 0.748. The summed E-state index contributed by atoms with van der Waals surface area (Å²) in [7, 11) is 0. The highest BCUT2D eigenvalue weighted by atomic mass is 35.5. The molecule has 2 aromatic rings. The van der Waals surface area contributed by atoms with E-state index in [0.29, 0.717) is 34.3 Å². The molecule has 0 unspecified atom stereocenters. The van der Waals surface area contributed by atoms with E-state index in [-0.39, 0.29) is 6.61 Å². The number of carbonyl (C=O) groups is 1. The SMILES string of the molecule is CCOc1cc(C=CC(=O)O)cc(Cl)c1OCc1ccccc1C#N. The molecule has 1 N–H and O–H groups in total. The Labute approximate surface area is 150 Å². The molecule has 0 bridgehead atoms. The van der Waals surface area contributed by atoms with Gasteiger partial charge in [-0.25, -0.2) is 4.79 Å². The van der Waals surface area contributed by atoms with E-state index in [2.05, 4.69) is 6.07 Å². The van der Waals surface area contributed by atoms with Crippen LogP contribution in [-0.4, -0.2) is 17.7 Å². The Bertz CT molecular complexity index is 840. The number of halogens is 1. The van der Waals surface area contributed by atoms with Crippen LogP contribution in [0.2, 0.25) is 5.02 Å². The van der Waals surface area contributed by atoms with Gasteiger partial charge in [-0.15, -0.1) is 0 Å². The fraction of sp³-hybridized carbons (Fsp3) is 0.158. The van der Waals surface area contributed by atoms with Crippen molar-refractivity contribution in [2.24, 2.45) is 0 Å². The van der Waals surface area contributed by atoms with Gasteiger partial charge in [-0.05, 0) is 36.8 Å². The van der Waals surface area contributed by atoms with E-state index in [4.69, 9.17) is 31.4 Å². The van der Waals surface area contributed by atoms with Crippen molar-refractivity contribution in [3.05, 3.63) is 64.2 Å². The molecule has 25 heavy (non-hydrogen) atoms. The zero-order valence-corrected chi connectivity index (χ0v) is 14.3. The second-order valence-corrected chi connectivity index (χ2v) is 5.40. The van der Waals surface area contributed by atoms with Crippen LogP contribution < -0.4 is 9.47 Å². The molecule has 0 saturated carbocycles. The van der Waals surface area contributed by atoms with E-state index in [1.165, 1.54) is 6.08 Å². The summed E-state index contributed by atoms with van der Waals surface area (Å²) in [6.07, 6.45) is 2.44. The van der Waals surface area contributed by atoms with E-state index < -0.39 is 5.97 Å². The fourth-order valence-electron chi connectivity index (χ4n) is 2.16. The normalized spacial score (nSPS) is 10.4. The standard InChI is InChI=1S/C19H16ClNO4/c1-2-24-17-10-13(7-8-18(22)23)9-16(20)19(17)25-12-15-6-4-3-5-14(15)11-21/h3-10H,2,12H2,1H3,(H,22,23). The lowest BCUT2D eigenvalue weighted by molar-refractivity contribution is -0.131. The van der Waals surface area contributed by atoms with Crippen molar-refractivity contribution in [2.45, 2.75) is 13.5 Å². The van der Waals surface area contributed by atoms with Gasteiger partial charge in [-0.2, -0.15) is 5.26 Å². The van der Waals surface area contributed by atoms with E-state index >= 15 is 0 Å². The molecule has 0 fully saturated rings. The van der Waals surface area contributed by atoms with Gasteiger partial charge in [0.1, 0.15) is 6.61 Å². The van der Waals surface area contributed by atoms with Crippen molar-refractivity contribution in [1.29, 1.82) is 5.26 Å². The Hall–Kier alpha value is -2.97. The molecule has 0 aromatic heterocycles. The van der Waals surface area contributed by atoms with E-state index in [1.807, 2.05) is 13.0 Å². The van der Waals surface area contributed by atoms with Crippen molar-refractivity contribution in [3.8, 4) is 17.6 Å². The third-order valence-electron chi connectivity index (χ3n) is 3.26. The summed E-state index contributed by atoms with van der Waals surface area (Å²) in [5, 5.41) is 18.2. The van der Waals surface area contributed by atoms with Crippen LogP contribution in [0, 0.1) is 11.3 Å². The molecule has 0 aliphatic heterocycles. The summed E-state index contributed by atoms with van der Waals surface area (Å²) < 4.78 is 11.3. The average Bonchev–Trinajstić information content (AvgIpc) is 2.59. The van der Waals surface area contributed by atoms with E-state index in [1.54, 1.807) is 30.3 Å². The molecule has 0 spiro atoms. The first-order valence-corrected chi connectivity index (χ1v) is 7.91. The largest absolute Gasteiger partial charge is 0.490 e. The van der Waals surface area contributed by atoms with Gasteiger partial charge in [-0.3, -0.25) is 0 Å². The Kier molecular flexibility index (Phi) is 6.44. The summed E-state index contributed by atoms with van der Waals surface area (Å²) >= 11 is 6.27. The van der Waals surface area contributed by atoms with Crippen LogP contribution in [0.15, 0.2) is 42.5 Å². The maximum Gasteiger partial charge on any atom is 0.328 e. The first kappa shape index (κ1) is 18.4. The minimum absolute atomic E-state index is 0.161. The van der Waals surface area contributed by atoms with Crippen LogP contribution in [0.4, 0.5) is 0 Å². The predicted molar refractivity (Wildman–Crippen MR) is 94.8 cm³/mol. The molecule has 2 rings (SSSR count). The molecule has 128 valence electrons. The molecule has 0 atom stereocenters. The zero-order chi connectivity index (χ0) is 18.2. The number of rotatable bonds is 7. The fourth-order valence-corrected chi connectivity index (χ4v) is 2.43. The first-order chi connectivity index (χ1) is 12.0. The van der Waals surface area contributed by atoms with Gasteiger partial charge >= 0.3 is 5.97 Å². The zero-order valence-electron chi connectivity index (χ0n) is 13.5. The second-order valence-electron chi connectivity index (χ2n) is 4.99. The minimum Gasteiger partial charge on any atom is -0.490 e. The van der Waals surface area contributed by atoms with Gasteiger partial charge in [0.2, 0.25) is 0 Å². The number of benzene rings is 2. The average molecular weight is 358 g/mol. The van der Waals surface area contributed by atoms with Crippen molar-refractivity contribution in [2.75, 3.05) is 6.61 Å². The lowest BCUT2D eigenvalue weighted by Crippen LogP contribution is -2.02. The lowest BCUT2D eigenvalue weighted by Gasteiger charge is -2.15. The van der Waals surface area contributed by atoms with Crippen molar-refractivity contribution in [3.63, 3.8) is 0 Å². The third-order valence-corrected chi connectivity index (χ3v) is 3.54. The van der Waals surface area contributed by atoms with Gasteiger partial charge in [-0.1, -0.05) is 29.8 Å².